The topological polar surface area (TPSA) is 66.8 Å². The number of nitrogens with zero attached hydrogens (tertiary/aromatic N) is 1. The molecule has 0 saturated carbocycles. The molecule has 1 heterocycles. The monoisotopic (exact) mass is 339 g/mol. The Morgan fingerprint density at radius 1 is 1.16 bits per heavy atom. The Balaban J connectivity index is 2.15. The molecule has 2 atom stereocenters. The Morgan fingerprint density at radius 2 is 1.84 bits per heavy atom. The van der Waals surface area contributed by atoms with Crippen LogP contribution in [0.1, 0.15) is 30.0 Å². The molecule has 25 heavy (non-hydrogen) atoms. The summed E-state index contributed by atoms with van der Waals surface area (Å²) in [4.78, 5) is 26.2. The van der Waals surface area contributed by atoms with Gasteiger partial charge in [0.2, 0.25) is 5.91 Å². The number of rotatable bonds is 4. The molecular weight excluding hydrogens is 318 g/mol. The van der Waals surface area contributed by atoms with Crippen molar-refractivity contribution in [3.05, 3.63) is 59.7 Å². The Hall–Kier alpha value is -2.82. The molecule has 3 rings (SSSR count). The van der Waals surface area contributed by atoms with Crippen molar-refractivity contribution < 1.29 is 19.4 Å². The highest BCUT2D eigenvalue weighted by Gasteiger charge is 2.42. The van der Waals surface area contributed by atoms with Crippen molar-refractivity contribution in [2.45, 2.75) is 25.8 Å². The third-order valence-electron chi connectivity index (χ3n) is 4.68. The van der Waals surface area contributed by atoms with Gasteiger partial charge in [0.1, 0.15) is 5.75 Å². The first kappa shape index (κ1) is 17.0. The van der Waals surface area contributed by atoms with Crippen LogP contribution >= 0.6 is 0 Å². The molecule has 0 aromatic heterocycles. The summed E-state index contributed by atoms with van der Waals surface area (Å²) in [5.74, 6) is -1.07. The molecular formula is C20H21NO4. The van der Waals surface area contributed by atoms with Crippen LogP contribution in [0.2, 0.25) is 0 Å². The number of hydrogen-bond donors (Lipinski definition) is 1. The van der Waals surface area contributed by atoms with Gasteiger partial charge >= 0.3 is 5.97 Å². The number of ether oxygens (including phenoxy) is 1. The number of hydrogen-bond acceptors (Lipinski definition) is 3. The van der Waals surface area contributed by atoms with Crippen molar-refractivity contribution in [1.29, 1.82) is 0 Å². The molecule has 1 aliphatic heterocycles. The summed E-state index contributed by atoms with van der Waals surface area (Å²) in [7, 11) is 1.55. The summed E-state index contributed by atoms with van der Waals surface area (Å²) < 4.78 is 5.43. The minimum absolute atomic E-state index is 0.0720. The zero-order chi connectivity index (χ0) is 18.0. The van der Waals surface area contributed by atoms with Crippen LogP contribution < -0.4 is 9.64 Å². The Bertz CT molecular complexity index is 785. The van der Waals surface area contributed by atoms with Crippen molar-refractivity contribution in [1.82, 2.24) is 0 Å². The maximum absolute atomic E-state index is 12.7. The highest BCUT2D eigenvalue weighted by molar-refractivity contribution is 5.97. The lowest BCUT2D eigenvalue weighted by Gasteiger charge is -2.40. The van der Waals surface area contributed by atoms with Crippen LogP contribution in [0.4, 0.5) is 5.69 Å². The van der Waals surface area contributed by atoms with Gasteiger partial charge in [-0.25, -0.2) is 0 Å². The maximum Gasteiger partial charge on any atom is 0.308 e. The molecule has 0 bridgehead atoms. The van der Waals surface area contributed by atoms with Gasteiger partial charge in [-0.1, -0.05) is 35.9 Å². The Kier molecular flexibility index (Phi) is 4.74. The minimum Gasteiger partial charge on any atom is -0.496 e. The number of carboxylic acids is 1. The number of aryl methyl sites for hydroxylation is 1. The lowest BCUT2D eigenvalue weighted by atomic mass is 9.83. The average Bonchev–Trinajstić information content (AvgIpc) is 2.62. The number of amides is 1. The quantitative estimate of drug-likeness (QED) is 0.925. The second kappa shape index (κ2) is 6.97. The van der Waals surface area contributed by atoms with E-state index in [1.165, 1.54) is 0 Å². The minimum atomic E-state index is -0.902. The summed E-state index contributed by atoms with van der Waals surface area (Å²) in [6.45, 7) is 1.97. The summed E-state index contributed by atoms with van der Waals surface area (Å²) >= 11 is 0. The third kappa shape index (κ3) is 3.22. The predicted octanol–water partition coefficient (Wildman–Crippen LogP) is 3.57. The highest BCUT2D eigenvalue weighted by Crippen LogP contribution is 2.43. The van der Waals surface area contributed by atoms with E-state index in [1.807, 2.05) is 49.4 Å². The number of piperidine rings is 1. The molecule has 0 spiro atoms. The summed E-state index contributed by atoms with van der Waals surface area (Å²) in [5, 5.41) is 9.75. The first-order valence-corrected chi connectivity index (χ1v) is 8.27. The van der Waals surface area contributed by atoms with E-state index >= 15 is 0 Å². The summed E-state index contributed by atoms with van der Waals surface area (Å²) in [5.41, 5.74) is 2.50. The number of benzene rings is 2. The Morgan fingerprint density at radius 3 is 2.48 bits per heavy atom. The fourth-order valence-corrected chi connectivity index (χ4v) is 3.43. The summed E-state index contributed by atoms with van der Waals surface area (Å²) in [6.07, 6.45) is 0.537. The van der Waals surface area contributed by atoms with Crippen LogP contribution in [0.3, 0.4) is 0 Å². The molecule has 1 saturated heterocycles. The van der Waals surface area contributed by atoms with Gasteiger partial charge in [0, 0.05) is 17.7 Å². The van der Waals surface area contributed by atoms with E-state index in [1.54, 1.807) is 18.1 Å². The van der Waals surface area contributed by atoms with Crippen LogP contribution in [0.15, 0.2) is 48.5 Å². The molecule has 2 aromatic rings. The van der Waals surface area contributed by atoms with Crippen molar-refractivity contribution >= 4 is 17.6 Å². The van der Waals surface area contributed by atoms with Crippen molar-refractivity contribution in [2.24, 2.45) is 5.92 Å². The van der Waals surface area contributed by atoms with Crippen LogP contribution in [-0.4, -0.2) is 24.1 Å². The second-order valence-corrected chi connectivity index (χ2v) is 6.27. The van der Waals surface area contributed by atoms with Gasteiger partial charge in [-0.2, -0.15) is 0 Å². The first-order chi connectivity index (χ1) is 12.0. The van der Waals surface area contributed by atoms with Crippen molar-refractivity contribution in [3.63, 3.8) is 0 Å². The molecule has 1 fully saturated rings. The third-order valence-corrected chi connectivity index (χ3v) is 4.68. The molecule has 0 radical (unpaired) electrons. The van der Waals surface area contributed by atoms with E-state index in [0.29, 0.717) is 23.4 Å². The molecule has 0 aliphatic carbocycles. The number of aliphatic carboxylic acids is 1. The van der Waals surface area contributed by atoms with Gasteiger partial charge < -0.3 is 14.7 Å². The van der Waals surface area contributed by atoms with Gasteiger partial charge in [-0.05, 0) is 31.5 Å². The van der Waals surface area contributed by atoms with Crippen molar-refractivity contribution in [2.75, 3.05) is 12.0 Å². The standard InChI is InChI=1S/C20H21NO4/c1-13-7-9-14(10-8-13)21-18(22)12-11-16(20(23)24)19(21)15-5-3-4-6-17(15)25-2/h3-10,16,19H,11-12H2,1-2H3,(H,23,24)/t16-,19+/m0/s1. The fraction of sp³-hybridized carbons (Fsp3) is 0.300. The molecule has 5 heteroatoms. The lowest BCUT2D eigenvalue weighted by Crippen LogP contribution is -2.45. The normalized spacial score (nSPS) is 20.4. The molecule has 2 aromatic carbocycles. The number of para-hydroxylation sites is 1. The zero-order valence-corrected chi connectivity index (χ0v) is 14.3. The lowest BCUT2D eigenvalue weighted by molar-refractivity contribution is -0.144. The second-order valence-electron chi connectivity index (χ2n) is 6.27. The van der Waals surface area contributed by atoms with E-state index in [2.05, 4.69) is 0 Å². The van der Waals surface area contributed by atoms with Crippen LogP contribution in [0.25, 0.3) is 0 Å². The molecule has 5 nitrogen and oxygen atoms in total. The SMILES string of the molecule is COc1ccccc1[C@@H]1[C@@H](C(=O)O)CCC(=O)N1c1ccc(C)cc1. The largest absolute Gasteiger partial charge is 0.496 e. The smallest absolute Gasteiger partial charge is 0.308 e. The van der Waals surface area contributed by atoms with E-state index in [9.17, 15) is 14.7 Å². The predicted molar refractivity (Wildman–Crippen MR) is 94.8 cm³/mol. The van der Waals surface area contributed by atoms with E-state index in [-0.39, 0.29) is 12.3 Å². The molecule has 1 aliphatic rings. The highest BCUT2D eigenvalue weighted by atomic mass is 16.5. The number of anilines is 1. The molecule has 1 amide bonds. The van der Waals surface area contributed by atoms with Gasteiger partial charge in [-0.3, -0.25) is 9.59 Å². The number of carbonyl (C=O) groups excluding carboxylic acids is 1. The maximum atomic E-state index is 12.7. The zero-order valence-electron chi connectivity index (χ0n) is 14.3. The fourth-order valence-electron chi connectivity index (χ4n) is 3.43. The number of carboxylic acid groups (broad SMARTS) is 1. The molecule has 130 valence electrons. The van der Waals surface area contributed by atoms with Gasteiger partial charge in [0.25, 0.3) is 0 Å². The Labute approximate surface area is 146 Å². The first-order valence-electron chi connectivity index (χ1n) is 8.27. The van der Waals surface area contributed by atoms with Gasteiger partial charge in [0.05, 0.1) is 19.1 Å². The van der Waals surface area contributed by atoms with Crippen LogP contribution in [0.5, 0.6) is 5.75 Å². The van der Waals surface area contributed by atoms with Crippen LogP contribution in [-0.2, 0) is 9.59 Å². The van der Waals surface area contributed by atoms with Crippen LogP contribution in [0, 0.1) is 12.8 Å². The van der Waals surface area contributed by atoms with E-state index in [0.717, 1.165) is 5.56 Å². The van der Waals surface area contributed by atoms with E-state index < -0.39 is 17.9 Å². The van der Waals surface area contributed by atoms with E-state index in [4.69, 9.17) is 4.74 Å². The average molecular weight is 339 g/mol. The van der Waals surface area contributed by atoms with Crippen molar-refractivity contribution in [3.8, 4) is 5.75 Å². The van der Waals surface area contributed by atoms with Gasteiger partial charge in [-0.15, -0.1) is 0 Å². The summed E-state index contributed by atoms with van der Waals surface area (Å²) in [6, 6.07) is 14.3. The molecule has 1 N–H and O–H groups in total. The molecule has 0 unspecified atom stereocenters. The number of carbonyl (C=O) groups is 2. The van der Waals surface area contributed by atoms with Gasteiger partial charge in [0.15, 0.2) is 0 Å². The number of methoxy groups -OCH3 is 1.